The average Bonchev–Trinajstić information content (AvgIpc) is 3.23. The summed E-state index contributed by atoms with van der Waals surface area (Å²) in [7, 11) is 0. The topological polar surface area (TPSA) is 42.0 Å². The van der Waals surface area contributed by atoms with Crippen molar-refractivity contribution < 1.29 is 4.79 Å². The van der Waals surface area contributed by atoms with Gasteiger partial charge in [0.15, 0.2) is 0 Å². The Morgan fingerprint density at radius 2 is 1.28 bits per heavy atom. The summed E-state index contributed by atoms with van der Waals surface area (Å²) in [6.07, 6.45) is 20.8. The van der Waals surface area contributed by atoms with Crippen molar-refractivity contribution in [3.63, 3.8) is 0 Å². The SMILES string of the molecule is CCCCCCCCCCCCCCCCCC(=O)Nc1ccc(-c2csc(C)n2)cc1. The molecule has 0 saturated carbocycles. The number of carbonyl (C=O) groups is 1. The van der Waals surface area contributed by atoms with Gasteiger partial charge in [-0.15, -0.1) is 11.3 Å². The molecule has 0 saturated heterocycles. The van der Waals surface area contributed by atoms with E-state index in [0.29, 0.717) is 6.42 Å². The van der Waals surface area contributed by atoms with Gasteiger partial charge in [-0.25, -0.2) is 4.98 Å². The number of rotatable bonds is 18. The normalized spacial score (nSPS) is 11.1. The first-order chi connectivity index (χ1) is 15.7. The van der Waals surface area contributed by atoms with Crippen molar-refractivity contribution >= 4 is 22.9 Å². The predicted octanol–water partition coefficient (Wildman–Crippen LogP) is 9.32. The lowest BCUT2D eigenvalue weighted by Gasteiger charge is -2.06. The van der Waals surface area contributed by atoms with Crippen molar-refractivity contribution in [2.24, 2.45) is 0 Å². The minimum atomic E-state index is 0.122. The fourth-order valence-corrected chi connectivity index (χ4v) is 4.72. The number of benzene rings is 1. The van der Waals surface area contributed by atoms with Gasteiger partial charge in [0.05, 0.1) is 10.7 Å². The summed E-state index contributed by atoms with van der Waals surface area (Å²) < 4.78 is 0. The second kappa shape index (κ2) is 16.9. The maximum absolute atomic E-state index is 12.2. The van der Waals surface area contributed by atoms with Crippen LogP contribution >= 0.6 is 11.3 Å². The number of hydrogen-bond acceptors (Lipinski definition) is 3. The molecule has 0 aliphatic carbocycles. The van der Waals surface area contributed by atoms with Crippen LogP contribution in [0.5, 0.6) is 0 Å². The largest absolute Gasteiger partial charge is 0.326 e. The highest BCUT2D eigenvalue weighted by Crippen LogP contribution is 2.23. The Morgan fingerprint density at radius 3 is 1.75 bits per heavy atom. The molecule has 0 atom stereocenters. The molecule has 0 unspecified atom stereocenters. The van der Waals surface area contributed by atoms with E-state index in [1.807, 2.05) is 31.2 Å². The Balaban J connectivity index is 1.41. The van der Waals surface area contributed by atoms with E-state index in [0.717, 1.165) is 34.8 Å². The van der Waals surface area contributed by atoms with E-state index in [1.165, 1.54) is 83.5 Å². The summed E-state index contributed by atoms with van der Waals surface area (Å²) in [6, 6.07) is 7.98. The molecular formula is C28H44N2OS. The van der Waals surface area contributed by atoms with Gasteiger partial charge in [0.25, 0.3) is 0 Å². The average molecular weight is 457 g/mol. The summed E-state index contributed by atoms with van der Waals surface area (Å²) in [5, 5.41) is 6.16. The van der Waals surface area contributed by atoms with Gasteiger partial charge >= 0.3 is 0 Å². The third kappa shape index (κ3) is 11.8. The van der Waals surface area contributed by atoms with Crippen LogP contribution < -0.4 is 5.32 Å². The number of amides is 1. The maximum atomic E-state index is 12.2. The minimum Gasteiger partial charge on any atom is -0.326 e. The molecule has 2 aromatic rings. The zero-order valence-electron chi connectivity index (χ0n) is 20.5. The molecule has 0 fully saturated rings. The first-order valence-corrected chi connectivity index (χ1v) is 13.9. The lowest BCUT2D eigenvalue weighted by molar-refractivity contribution is -0.116. The summed E-state index contributed by atoms with van der Waals surface area (Å²) in [5.74, 6) is 0.122. The summed E-state index contributed by atoms with van der Waals surface area (Å²) >= 11 is 1.66. The standard InChI is InChI=1S/C28H44N2OS/c1-3-4-5-6-7-8-9-10-11-12-13-14-15-16-17-18-28(31)30-26-21-19-25(20-22-26)27-23-32-24(2)29-27/h19-23H,3-18H2,1-2H3,(H,30,31). The number of thiazole rings is 1. The van der Waals surface area contributed by atoms with Crippen molar-refractivity contribution in [1.29, 1.82) is 0 Å². The van der Waals surface area contributed by atoms with E-state index in [1.54, 1.807) is 11.3 Å². The minimum absolute atomic E-state index is 0.122. The number of aromatic nitrogens is 1. The number of nitrogens with one attached hydrogen (secondary N) is 1. The maximum Gasteiger partial charge on any atom is 0.224 e. The Morgan fingerprint density at radius 1 is 0.781 bits per heavy atom. The predicted molar refractivity (Wildman–Crippen MR) is 140 cm³/mol. The summed E-state index contributed by atoms with van der Waals surface area (Å²) in [5.41, 5.74) is 2.96. The Labute approximate surface area is 200 Å². The van der Waals surface area contributed by atoms with Gasteiger partial charge in [0.1, 0.15) is 0 Å². The van der Waals surface area contributed by atoms with E-state index >= 15 is 0 Å². The van der Waals surface area contributed by atoms with Gasteiger partial charge in [-0.2, -0.15) is 0 Å². The van der Waals surface area contributed by atoms with Crippen LogP contribution in [0.25, 0.3) is 11.3 Å². The molecule has 1 aromatic carbocycles. The number of anilines is 1. The monoisotopic (exact) mass is 456 g/mol. The van der Waals surface area contributed by atoms with Crippen molar-refractivity contribution in [2.45, 2.75) is 117 Å². The highest BCUT2D eigenvalue weighted by molar-refractivity contribution is 7.09. The Bertz CT molecular complexity index is 738. The van der Waals surface area contributed by atoms with E-state index < -0.39 is 0 Å². The van der Waals surface area contributed by atoms with Crippen molar-refractivity contribution in [3.8, 4) is 11.3 Å². The zero-order valence-corrected chi connectivity index (χ0v) is 21.3. The molecule has 4 heteroatoms. The van der Waals surface area contributed by atoms with E-state index in [2.05, 4.69) is 22.6 Å². The third-order valence-corrected chi connectivity index (χ3v) is 6.86. The number of nitrogens with zero attached hydrogens (tertiary/aromatic N) is 1. The second-order valence-corrected chi connectivity index (χ2v) is 10.1. The van der Waals surface area contributed by atoms with E-state index in [-0.39, 0.29) is 5.91 Å². The van der Waals surface area contributed by atoms with Gasteiger partial charge in [0.2, 0.25) is 5.91 Å². The molecule has 0 bridgehead atoms. The highest BCUT2D eigenvalue weighted by Gasteiger charge is 2.05. The quantitative estimate of drug-likeness (QED) is 0.227. The third-order valence-electron chi connectivity index (χ3n) is 6.09. The van der Waals surface area contributed by atoms with Crippen molar-refractivity contribution in [3.05, 3.63) is 34.7 Å². The molecule has 1 aromatic heterocycles. The lowest BCUT2D eigenvalue weighted by Crippen LogP contribution is -2.10. The van der Waals surface area contributed by atoms with Gasteiger partial charge in [-0.05, 0) is 25.5 Å². The van der Waals surface area contributed by atoms with Crippen LogP contribution in [0, 0.1) is 6.92 Å². The first kappa shape index (κ1) is 26.6. The van der Waals surface area contributed by atoms with Crippen molar-refractivity contribution in [1.82, 2.24) is 4.98 Å². The van der Waals surface area contributed by atoms with Gasteiger partial charge in [-0.3, -0.25) is 4.79 Å². The van der Waals surface area contributed by atoms with Gasteiger partial charge in [-0.1, -0.05) is 109 Å². The molecule has 2 rings (SSSR count). The van der Waals surface area contributed by atoms with Crippen LogP contribution in [0.2, 0.25) is 0 Å². The smallest absolute Gasteiger partial charge is 0.224 e. The molecule has 0 radical (unpaired) electrons. The molecule has 0 spiro atoms. The fourth-order valence-electron chi connectivity index (χ4n) is 4.10. The van der Waals surface area contributed by atoms with Crippen LogP contribution in [-0.2, 0) is 4.79 Å². The number of aryl methyl sites for hydroxylation is 1. The fraction of sp³-hybridized carbons (Fsp3) is 0.643. The van der Waals surface area contributed by atoms with Crippen LogP contribution in [-0.4, -0.2) is 10.9 Å². The van der Waals surface area contributed by atoms with E-state index in [4.69, 9.17) is 0 Å². The van der Waals surface area contributed by atoms with Crippen molar-refractivity contribution in [2.75, 3.05) is 5.32 Å². The summed E-state index contributed by atoms with van der Waals surface area (Å²) in [6.45, 7) is 4.30. The zero-order chi connectivity index (χ0) is 22.9. The number of unbranched alkanes of at least 4 members (excludes halogenated alkanes) is 14. The lowest BCUT2D eigenvalue weighted by atomic mass is 10.0. The molecule has 1 amide bonds. The van der Waals surface area contributed by atoms with Gasteiger partial charge in [0, 0.05) is 23.1 Å². The molecule has 0 aliphatic rings. The van der Waals surface area contributed by atoms with Crippen LogP contribution in [0.15, 0.2) is 29.6 Å². The van der Waals surface area contributed by atoms with Gasteiger partial charge < -0.3 is 5.32 Å². The molecule has 178 valence electrons. The Hall–Kier alpha value is -1.68. The molecule has 1 N–H and O–H groups in total. The van der Waals surface area contributed by atoms with Crippen LogP contribution in [0.4, 0.5) is 5.69 Å². The molecule has 32 heavy (non-hydrogen) atoms. The molecular weight excluding hydrogens is 412 g/mol. The molecule has 3 nitrogen and oxygen atoms in total. The van der Waals surface area contributed by atoms with E-state index in [9.17, 15) is 4.79 Å². The molecule has 1 heterocycles. The number of carbonyl (C=O) groups excluding carboxylic acids is 1. The molecule has 0 aliphatic heterocycles. The highest BCUT2D eigenvalue weighted by atomic mass is 32.1. The van der Waals surface area contributed by atoms with Crippen LogP contribution in [0.1, 0.15) is 115 Å². The second-order valence-electron chi connectivity index (χ2n) is 9.08. The Kier molecular flexibility index (Phi) is 14.0. The first-order valence-electron chi connectivity index (χ1n) is 13.0. The number of hydrogen-bond donors (Lipinski definition) is 1. The summed E-state index contributed by atoms with van der Waals surface area (Å²) in [4.78, 5) is 16.7. The van der Waals surface area contributed by atoms with Crippen LogP contribution in [0.3, 0.4) is 0 Å².